The number of para-hydroxylation sites is 2. The first-order valence-corrected chi connectivity index (χ1v) is 5.42. The van der Waals surface area contributed by atoms with Crippen molar-refractivity contribution in [2.75, 3.05) is 0 Å². The van der Waals surface area contributed by atoms with Gasteiger partial charge in [-0.05, 0) is 30.2 Å². The second-order valence-electron chi connectivity index (χ2n) is 3.56. The molecule has 0 atom stereocenters. The normalized spacial score (nSPS) is 10.8. The fraction of sp³-hybridized carbons (Fsp3) is 0.273. The van der Waals surface area contributed by atoms with Crippen molar-refractivity contribution in [3.8, 4) is 0 Å². The van der Waals surface area contributed by atoms with Crippen molar-refractivity contribution < 1.29 is 4.79 Å². The summed E-state index contributed by atoms with van der Waals surface area (Å²) < 4.78 is 1.62. The number of imidazole rings is 1. The summed E-state index contributed by atoms with van der Waals surface area (Å²) in [7, 11) is 0. The van der Waals surface area contributed by atoms with Crippen LogP contribution in [0.3, 0.4) is 0 Å². The number of nitrogens with zero attached hydrogens (tertiary/aromatic N) is 1. The number of fused-ring (bicyclic) bond motifs is 1. The highest BCUT2D eigenvalue weighted by Crippen LogP contribution is 2.09. The van der Waals surface area contributed by atoms with Gasteiger partial charge in [0.25, 0.3) is 0 Å². The molecule has 0 saturated carbocycles. The van der Waals surface area contributed by atoms with Gasteiger partial charge in [0.05, 0.1) is 11.0 Å². The highest BCUT2D eigenvalue weighted by molar-refractivity contribution is 6.63. The summed E-state index contributed by atoms with van der Waals surface area (Å²) in [6.45, 7) is 0.501. The molecule has 0 fully saturated rings. The number of carbonyl (C=O) groups excluding carboxylic acids is 1. The quantitative estimate of drug-likeness (QED) is 0.827. The fourth-order valence-electron chi connectivity index (χ4n) is 1.70. The van der Waals surface area contributed by atoms with E-state index in [1.54, 1.807) is 4.57 Å². The number of H-pyrrole nitrogens is 1. The van der Waals surface area contributed by atoms with E-state index in [4.69, 9.17) is 11.6 Å². The summed E-state index contributed by atoms with van der Waals surface area (Å²) in [6, 6.07) is 7.46. The average Bonchev–Trinajstić information content (AvgIpc) is 2.55. The number of halogens is 1. The zero-order chi connectivity index (χ0) is 11.5. The van der Waals surface area contributed by atoms with Gasteiger partial charge in [0.1, 0.15) is 0 Å². The van der Waals surface area contributed by atoms with E-state index >= 15 is 0 Å². The fourth-order valence-corrected chi connectivity index (χ4v) is 1.84. The highest BCUT2D eigenvalue weighted by Gasteiger charge is 2.05. The predicted molar refractivity (Wildman–Crippen MR) is 62.7 cm³/mol. The minimum Gasteiger partial charge on any atom is -0.306 e. The molecule has 1 N–H and O–H groups in total. The van der Waals surface area contributed by atoms with Gasteiger partial charge in [-0.25, -0.2) is 4.79 Å². The molecule has 0 aliphatic rings. The third-order valence-corrected chi connectivity index (χ3v) is 2.63. The van der Waals surface area contributed by atoms with Crippen LogP contribution in [0.5, 0.6) is 0 Å². The maximum absolute atomic E-state index is 11.6. The van der Waals surface area contributed by atoms with Gasteiger partial charge in [-0.15, -0.1) is 0 Å². The number of nitrogens with one attached hydrogen (secondary N) is 1. The monoisotopic (exact) mass is 238 g/mol. The summed E-state index contributed by atoms with van der Waals surface area (Å²) in [5.74, 6) is 0. The largest absolute Gasteiger partial charge is 0.326 e. The zero-order valence-corrected chi connectivity index (χ0v) is 9.33. The van der Waals surface area contributed by atoms with Crippen molar-refractivity contribution >= 4 is 27.9 Å². The van der Waals surface area contributed by atoms with Crippen LogP contribution in [-0.4, -0.2) is 14.8 Å². The topological polar surface area (TPSA) is 54.9 Å². The van der Waals surface area contributed by atoms with Gasteiger partial charge in [0.2, 0.25) is 5.24 Å². The van der Waals surface area contributed by atoms with Crippen LogP contribution in [0.1, 0.15) is 12.8 Å². The smallest absolute Gasteiger partial charge is 0.306 e. The molecule has 0 bridgehead atoms. The number of benzene rings is 1. The first-order valence-electron chi connectivity index (χ1n) is 5.04. The molecule has 5 heteroatoms. The molecule has 84 valence electrons. The Morgan fingerprint density at radius 1 is 1.38 bits per heavy atom. The predicted octanol–water partition coefficient (Wildman–Crippen LogP) is 1.88. The van der Waals surface area contributed by atoms with Crippen LogP contribution in [0, 0.1) is 0 Å². The summed E-state index contributed by atoms with van der Waals surface area (Å²) in [5, 5.41) is -0.368. The second-order valence-corrected chi connectivity index (χ2v) is 3.98. The van der Waals surface area contributed by atoms with Gasteiger partial charge >= 0.3 is 5.69 Å². The maximum Gasteiger partial charge on any atom is 0.326 e. The lowest BCUT2D eigenvalue weighted by Crippen LogP contribution is -2.16. The summed E-state index contributed by atoms with van der Waals surface area (Å²) in [4.78, 5) is 24.9. The van der Waals surface area contributed by atoms with E-state index in [2.05, 4.69) is 4.98 Å². The Kier molecular flexibility index (Phi) is 3.10. The maximum atomic E-state index is 11.6. The van der Waals surface area contributed by atoms with E-state index < -0.39 is 0 Å². The third-order valence-electron chi connectivity index (χ3n) is 2.44. The van der Waals surface area contributed by atoms with Crippen LogP contribution < -0.4 is 5.69 Å². The molecule has 0 aliphatic heterocycles. The van der Waals surface area contributed by atoms with Crippen LogP contribution in [0.15, 0.2) is 29.1 Å². The number of rotatable bonds is 4. The number of hydrogen-bond donors (Lipinski definition) is 1. The van der Waals surface area contributed by atoms with E-state index in [0.717, 1.165) is 11.0 Å². The molecule has 2 rings (SSSR count). The number of hydrogen-bond acceptors (Lipinski definition) is 2. The van der Waals surface area contributed by atoms with Crippen LogP contribution in [0.2, 0.25) is 0 Å². The SMILES string of the molecule is O=C(Cl)CCCn1c(=O)[nH]c2ccccc21. The molecule has 4 nitrogen and oxygen atoms in total. The Labute approximate surface area is 96.8 Å². The zero-order valence-electron chi connectivity index (χ0n) is 8.57. The van der Waals surface area contributed by atoms with Gasteiger partial charge in [-0.3, -0.25) is 9.36 Å². The van der Waals surface area contributed by atoms with Gasteiger partial charge in [0.15, 0.2) is 0 Å². The number of aromatic amines is 1. The molecule has 0 radical (unpaired) electrons. The molecule has 0 amide bonds. The van der Waals surface area contributed by atoms with Crippen molar-refractivity contribution in [2.24, 2.45) is 0 Å². The Morgan fingerprint density at radius 2 is 2.12 bits per heavy atom. The van der Waals surface area contributed by atoms with E-state index in [-0.39, 0.29) is 17.4 Å². The van der Waals surface area contributed by atoms with Crippen LogP contribution in [-0.2, 0) is 11.3 Å². The van der Waals surface area contributed by atoms with E-state index in [1.165, 1.54) is 0 Å². The molecule has 1 heterocycles. The first kappa shape index (κ1) is 11.0. The second kappa shape index (κ2) is 4.53. The molecule has 0 unspecified atom stereocenters. The van der Waals surface area contributed by atoms with Crippen molar-refractivity contribution in [1.82, 2.24) is 9.55 Å². The Balaban J connectivity index is 2.26. The van der Waals surface area contributed by atoms with Crippen LogP contribution in [0.4, 0.5) is 0 Å². The standard InChI is InChI=1S/C11H11ClN2O2/c12-10(15)6-3-7-14-9-5-2-1-4-8(9)13-11(14)16/h1-2,4-5H,3,6-7H2,(H,13,16). The van der Waals surface area contributed by atoms with Crippen LogP contribution >= 0.6 is 11.6 Å². The molecule has 1 aromatic heterocycles. The van der Waals surface area contributed by atoms with Crippen molar-refractivity contribution in [3.63, 3.8) is 0 Å². The lowest BCUT2D eigenvalue weighted by Gasteiger charge is -2.00. The third kappa shape index (κ3) is 2.17. The molecule has 2 aromatic rings. The number of aromatic nitrogens is 2. The Morgan fingerprint density at radius 3 is 2.88 bits per heavy atom. The van der Waals surface area contributed by atoms with Gasteiger partial charge in [-0.2, -0.15) is 0 Å². The van der Waals surface area contributed by atoms with Gasteiger partial charge < -0.3 is 4.98 Å². The van der Waals surface area contributed by atoms with Crippen molar-refractivity contribution in [1.29, 1.82) is 0 Å². The molecule has 1 aromatic carbocycles. The Hall–Kier alpha value is -1.55. The molecule has 16 heavy (non-hydrogen) atoms. The Bertz CT molecular complexity index is 571. The van der Waals surface area contributed by atoms with Crippen molar-refractivity contribution in [2.45, 2.75) is 19.4 Å². The number of carbonyl (C=O) groups is 1. The number of aryl methyl sites for hydroxylation is 1. The van der Waals surface area contributed by atoms with Gasteiger partial charge in [-0.1, -0.05) is 12.1 Å². The lowest BCUT2D eigenvalue weighted by molar-refractivity contribution is -0.111. The molecule has 0 saturated heterocycles. The molecular formula is C11H11ClN2O2. The lowest BCUT2D eigenvalue weighted by atomic mass is 10.3. The summed E-state index contributed by atoms with van der Waals surface area (Å²) >= 11 is 5.24. The minimum atomic E-state index is -0.368. The summed E-state index contributed by atoms with van der Waals surface area (Å²) in [6.07, 6.45) is 0.859. The van der Waals surface area contributed by atoms with E-state index in [0.29, 0.717) is 13.0 Å². The minimum absolute atomic E-state index is 0.150. The van der Waals surface area contributed by atoms with Crippen LogP contribution in [0.25, 0.3) is 11.0 Å². The van der Waals surface area contributed by atoms with E-state index in [1.807, 2.05) is 24.3 Å². The average molecular weight is 239 g/mol. The molecular weight excluding hydrogens is 228 g/mol. The highest BCUT2D eigenvalue weighted by atomic mass is 35.5. The molecule has 0 spiro atoms. The van der Waals surface area contributed by atoms with E-state index in [9.17, 15) is 9.59 Å². The van der Waals surface area contributed by atoms with Crippen molar-refractivity contribution in [3.05, 3.63) is 34.7 Å². The summed E-state index contributed by atoms with van der Waals surface area (Å²) in [5.41, 5.74) is 1.52. The molecule has 0 aliphatic carbocycles. The van der Waals surface area contributed by atoms with Gasteiger partial charge in [0, 0.05) is 13.0 Å². The first-order chi connectivity index (χ1) is 7.68.